The van der Waals surface area contributed by atoms with Crippen molar-refractivity contribution in [3.8, 4) is 0 Å². The molecule has 0 saturated carbocycles. The number of rotatable bonds is 2. The fourth-order valence-electron chi connectivity index (χ4n) is 0.283. The van der Waals surface area contributed by atoms with E-state index < -0.39 is 0 Å². The first-order chi connectivity index (χ1) is 3.31. The van der Waals surface area contributed by atoms with E-state index in [0.717, 1.165) is 12.7 Å². The van der Waals surface area contributed by atoms with Gasteiger partial charge in [0.1, 0.15) is 0 Å². The molecular formula is C6H12O. The van der Waals surface area contributed by atoms with Gasteiger partial charge in [-0.15, -0.1) is 0 Å². The lowest BCUT2D eigenvalue weighted by Gasteiger charge is -1.94. The first kappa shape index (κ1) is 6.54. The van der Waals surface area contributed by atoms with E-state index in [1.165, 1.54) is 0 Å². The van der Waals surface area contributed by atoms with Gasteiger partial charge in [0.05, 0.1) is 6.26 Å². The van der Waals surface area contributed by atoms with E-state index in [4.69, 9.17) is 5.11 Å². The maximum Gasteiger partial charge on any atom is 0.0754 e. The molecule has 0 radical (unpaired) electrons. The standard InChI is InChI=1S/C6H12O/c1-3-6(2)4-5-7/h4-7H,3H2,1-2H3/b5-4+. The molecule has 1 unspecified atom stereocenters. The van der Waals surface area contributed by atoms with E-state index in [0.29, 0.717) is 5.92 Å². The molecule has 0 heterocycles. The van der Waals surface area contributed by atoms with Crippen molar-refractivity contribution in [3.05, 3.63) is 12.3 Å². The molecule has 0 aliphatic carbocycles. The van der Waals surface area contributed by atoms with E-state index in [1.54, 1.807) is 6.08 Å². The summed E-state index contributed by atoms with van der Waals surface area (Å²) in [6.45, 7) is 4.15. The zero-order valence-corrected chi connectivity index (χ0v) is 4.89. The molecule has 0 aliphatic rings. The van der Waals surface area contributed by atoms with E-state index >= 15 is 0 Å². The van der Waals surface area contributed by atoms with E-state index in [1.807, 2.05) is 0 Å². The highest BCUT2D eigenvalue weighted by atomic mass is 16.2. The van der Waals surface area contributed by atoms with Gasteiger partial charge in [-0.25, -0.2) is 0 Å². The average molecular weight is 100 g/mol. The summed E-state index contributed by atoms with van der Waals surface area (Å²) in [6, 6.07) is 0. The number of aliphatic hydroxyl groups is 1. The average Bonchev–Trinajstić information content (AvgIpc) is 1.68. The molecule has 0 amide bonds. The topological polar surface area (TPSA) is 20.2 Å². The van der Waals surface area contributed by atoms with Crippen LogP contribution >= 0.6 is 0 Å². The van der Waals surface area contributed by atoms with Crippen LogP contribution in [0.3, 0.4) is 0 Å². The molecule has 0 fully saturated rings. The Morgan fingerprint density at radius 2 is 2.29 bits per heavy atom. The Balaban J connectivity index is 3.16. The lowest BCUT2D eigenvalue weighted by atomic mass is 10.1. The highest BCUT2D eigenvalue weighted by Crippen LogP contribution is 1.99. The summed E-state index contributed by atoms with van der Waals surface area (Å²) in [7, 11) is 0. The molecule has 1 atom stereocenters. The minimum absolute atomic E-state index is 0.519. The van der Waals surface area contributed by atoms with Gasteiger partial charge in [-0.1, -0.05) is 13.8 Å². The number of aliphatic hydroxyl groups excluding tert-OH is 1. The van der Waals surface area contributed by atoms with E-state index in [-0.39, 0.29) is 0 Å². The van der Waals surface area contributed by atoms with Gasteiger partial charge in [0.15, 0.2) is 0 Å². The van der Waals surface area contributed by atoms with Gasteiger partial charge in [0, 0.05) is 0 Å². The van der Waals surface area contributed by atoms with Crippen molar-refractivity contribution < 1.29 is 5.11 Å². The van der Waals surface area contributed by atoms with Crippen LogP contribution in [0.15, 0.2) is 12.3 Å². The molecule has 0 aromatic rings. The smallest absolute Gasteiger partial charge is 0.0754 e. The molecule has 0 saturated heterocycles. The van der Waals surface area contributed by atoms with Crippen molar-refractivity contribution in [2.24, 2.45) is 5.92 Å². The zero-order chi connectivity index (χ0) is 5.70. The van der Waals surface area contributed by atoms with Gasteiger partial charge in [-0.05, 0) is 18.4 Å². The maximum atomic E-state index is 8.19. The molecular weight excluding hydrogens is 88.1 g/mol. The van der Waals surface area contributed by atoms with Crippen LogP contribution in [0.5, 0.6) is 0 Å². The predicted molar refractivity (Wildman–Crippen MR) is 31.2 cm³/mol. The van der Waals surface area contributed by atoms with Gasteiger partial charge in [0.25, 0.3) is 0 Å². The monoisotopic (exact) mass is 100 g/mol. The minimum atomic E-state index is 0.519. The van der Waals surface area contributed by atoms with Gasteiger partial charge in [0.2, 0.25) is 0 Å². The van der Waals surface area contributed by atoms with Crippen molar-refractivity contribution in [2.45, 2.75) is 20.3 Å². The Bertz CT molecular complexity index is 57.2. The fraction of sp³-hybridized carbons (Fsp3) is 0.667. The third kappa shape index (κ3) is 3.37. The molecule has 0 rings (SSSR count). The second kappa shape index (κ2) is 3.72. The maximum absolute atomic E-state index is 8.19. The van der Waals surface area contributed by atoms with E-state index in [2.05, 4.69) is 13.8 Å². The third-order valence-corrected chi connectivity index (χ3v) is 1.06. The van der Waals surface area contributed by atoms with Crippen LogP contribution in [0, 0.1) is 5.92 Å². The lowest BCUT2D eigenvalue weighted by molar-refractivity contribution is 0.464. The Morgan fingerprint density at radius 3 is 2.43 bits per heavy atom. The summed E-state index contributed by atoms with van der Waals surface area (Å²) < 4.78 is 0. The highest BCUT2D eigenvalue weighted by molar-refractivity contribution is 4.77. The van der Waals surface area contributed by atoms with Crippen molar-refractivity contribution in [3.63, 3.8) is 0 Å². The minimum Gasteiger partial charge on any atom is -0.516 e. The highest BCUT2D eigenvalue weighted by Gasteiger charge is 1.87. The second-order valence-electron chi connectivity index (χ2n) is 1.73. The summed E-state index contributed by atoms with van der Waals surface area (Å²) in [5, 5.41) is 8.19. The molecule has 0 bridgehead atoms. The molecule has 0 aromatic carbocycles. The largest absolute Gasteiger partial charge is 0.516 e. The summed E-state index contributed by atoms with van der Waals surface area (Å²) in [6.07, 6.45) is 3.98. The van der Waals surface area contributed by atoms with Crippen LogP contribution in [-0.4, -0.2) is 5.11 Å². The third-order valence-electron chi connectivity index (χ3n) is 1.06. The van der Waals surface area contributed by atoms with Crippen LogP contribution in [0.2, 0.25) is 0 Å². The van der Waals surface area contributed by atoms with Gasteiger partial charge in [-0.3, -0.25) is 0 Å². The molecule has 0 aliphatic heterocycles. The molecule has 1 nitrogen and oxygen atoms in total. The summed E-state index contributed by atoms with van der Waals surface area (Å²) in [5.41, 5.74) is 0. The van der Waals surface area contributed by atoms with Crippen molar-refractivity contribution in [2.75, 3.05) is 0 Å². The summed E-state index contributed by atoms with van der Waals surface area (Å²) in [5.74, 6) is 0.519. The molecule has 7 heavy (non-hydrogen) atoms. The van der Waals surface area contributed by atoms with Gasteiger partial charge in [-0.2, -0.15) is 0 Å². The summed E-state index contributed by atoms with van der Waals surface area (Å²) in [4.78, 5) is 0. The first-order valence-corrected chi connectivity index (χ1v) is 2.62. The first-order valence-electron chi connectivity index (χ1n) is 2.62. The Morgan fingerprint density at radius 1 is 1.71 bits per heavy atom. The Labute approximate surface area is 44.7 Å². The molecule has 0 spiro atoms. The van der Waals surface area contributed by atoms with Crippen molar-refractivity contribution in [1.29, 1.82) is 0 Å². The van der Waals surface area contributed by atoms with Crippen LogP contribution in [0.1, 0.15) is 20.3 Å². The van der Waals surface area contributed by atoms with Crippen molar-refractivity contribution >= 4 is 0 Å². The molecule has 1 N–H and O–H groups in total. The van der Waals surface area contributed by atoms with Crippen LogP contribution < -0.4 is 0 Å². The quantitative estimate of drug-likeness (QED) is 0.527. The zero-order valence-electron chi connectivity index (χ0n) is 4.89. The number of hydrogen-bond acceptors (Lipinski definition) is 1. The molecule has 42 valence electrons. The Hall–Kier alpha value is -0.460. The van der Waals surface area contributed by atoms with Gasteiger partial charge >= 0.3 is 0 Å². The van der Waals surface area contributed by atoms with Crippen molar-refractivity contribution in [1.82, 2.24) is 0 Å². The van der Waals surface area contributed by atoms with Crippen LogP contribution in [-0.2, 0) is 0 Å². The second-order valence-corrected chi connectivity index (χ2v) is 1.73. The SMILES string of the molecule is CCC(C)/C=C/O. The number of allylic oxidation sites excluding steroid dienone is 1. The number of hydrogen-bond donors (Lipinski definition) is 1. The molecule has 1 heteroatoms. The lowest BCUT2D eigenvalue weighted by Crippen LogP contribution is -1.82. The Kier molecular flexibility index (Phi) is 3.48. The predicted octanol–water partition coefficient (Wildman–Crippen LogP) is 2.10. The molecule has 0 aromatic heterocycles. The fourth-order valence-corrected chi connectivity index (χ4v) is 0.283. The normalized spacial score (nSPS) is 15.1. The van der Waals surface area contributed by atoms with Crippen LogP contribution in [0.4, 0.5) is 0 Å². The van der Waals surface area contributed by atoms with Crippen LogP contribution in [0.25, 0.3) is 0 Å². The van der Waals surface area contributed by atoms with E-state index in [9.17, 15) is 0 Å². The van der Waals surface area contributed by atoms with Gasteiger partial charge < -0.3 is 5.11 Å². The summed E-state index contributed by atoms with van der Waals surface area (Å²) >= 11 is 0.